The van der Waals surface area contributed by atoms with Crippen LogP contribution in [0.3, 0.4) is 0 Å². The van der Waals surface area contributed by atoms with E-state index >= 15 is 0 Å². The van der Waals surface area contributed by atoms with Gasteiger partial charge in [-0.25, -0.2) is 4.98 Å². The third-order valence-corrected chi connectivity index (χ3v) is 3.86. The molecule has 0 radical (unpaired) electrons. The van der Waals surface area contributed by atoms with Crippen molar-refractivity contribution in [2.75, 3.05) is 13.7 Å². The fraction of sp³-hybridized carbons (Fsp3) is 0.615. The molecule has 4 heteroatoms. The van der Waals surface area contributed by atoms with Crippen LogP contribution in [0, 0.1) is 0 Å². The first kappa shape index (κ1) is 12.3. The molecule has 1 saturated carbocycles. The maximum Gasteiger partial charge on any atom is 0.212 e. The molecule has 1 heterocycles. The molecule has 1 fully saturated rings. The second-order valence-corrected chi connectivity index (χ2v) is 4.80. The van der Waals surface area contributed by atoms with E-state index in [0.717, 1.165) is 31.2 Å². The number of nitrogens with two attached hydrogens (primary N) is 1. The Morgan fingerprint density at radius 2 is 2.18 bits per heavy atom. The van der Waals surface area contributed by atoms with E-state index in [-0.39, 0.29) is 11.5 Å². The number of methoxy groups -OCH3 is 1. The van der Waals surface area contributed by atoms with Gasteiger partial charge in [-0.15, -0.1) is 0 Å². The summed E-state index contributed by atoms with van der Waals surface area (Å²) in [6.45, 7) is 0.605. The second kappa shape index (κ2) is 5.02. The topological polar surface area (TPSA) is 68.4 Å². The van der Waals surface area contributed by atoms with Crippen LogP contribution in [0.2, 0.25) is 0 Å². The summed E-state index contributed by atoms with van der Waals surface area (Å²) in [5, 5.41) is 9.59. The van der Waals surface area contributed by atoms with E-state index in [2.05, 4.69) is 4.98 Å². The molecule has 17 heavy (non-hydrogen) atoms. The van der Waals surface area contributed by atoms with Crippen molar-refractivity contribution in [1.82, 2.24) is 4.98 Å². The van der Waals surface area contributed by atoms with E-state index in [0.29, 0.717) is 12.4 Å². The Hall–Kier alpha value is -1.13. The van der Waals surface area contributed by atoms with Crippen LogP contribution in [-0.4, -0.2) is 29.8 Å². The van der Waals surface area contributed by atoms with Gasteiger partial charge in [0, 0.05) is 24.2 Å². The Bertz CT molecular complexity index is 356. The van der Waals surface area contributed by atoms with Gasteiger partial charge in [-0.3, -0.25) is 0 Å². The van der Waals surface area contributed by atoms with Crippen molar-refractivity contribution in [1.29, 1.82) is 0 Å². The zero-order chi connectivity index (χ0) is 12.3. The average Bonchev–Trinajstić information content (AvgIpc) is 2.40. The summed E-state index contributed by atoms with van der Waals surface area (Å²) in [7, 11) is 1.61. The molecule has 0 unspecified atom stereocenters. The van der Waals surface area contributed by atoms with Crippen LogP contribution in [0.5, 0.6) is 5.88 Å². The molecule has 1 aliphatic carbocycles. The van der Waals surface area contributed by atoms with E-state index in [4.69, 9.17) is 10.5 Å². The molecule has 0 amide bonds. The van der Waals surface area contributed by atoms with Crippen molar-refractivity contribution in [3.05, 3.63) is 23.9 Å². The lowest BCUT2D eigenvalue weighted by atomic mass is 9.69. The van der Waals surface area contributed by atoms with Crippen LogP contribution in [0.4, 0.5) is 0 Å². The molecule has 1 aromatic rings. The van der Waals surface area contributed by atoms with Crippen LogP contribution in [0.15, 0.2) is 18.3 Å². The number of pyridine rings is 1. The molecular formula is C13H20N2O2. The molecule has 0 bridgehead atoms. The summed E-state index contributed by atoms with van der Waals surface area (Å²) in [4.78, 5) is 4.24. The van der Waals surface area contributed by atoms with Gasteiger partial charge in [0.25, 0.3) is 0 Å². The Balaban J connectivity index is 2.21. The number of ether oxygens (including phenoxy) is 1. The second-order valence-electron chi connectivity index (χ2n) is 4.80. The molecule has 2 rings (SSSR count). The zero-order valence-corrected chi connectivity index (χ0v) is 10.2. The van der Waals surface area contributed by atoms with Gasteiger partial charge in [0.2, 0.25) is 5.88 Å². The highest BCUT2D eigenvalue weighted by Crippen LogP contribution is 2.38. The maximum absolute atomic E-state index is 9.59. The Labute approximate surface area is 102 Å². The molecule has 0 atom stereocenters. The minimum absolute atomic E-state index is 0.0154. The summed E-state index contributed by atoms with van der Waals surface area (Å²) in [5.41, 5.74) is 7.09. The first-order valence-corrected chi connectivity index (χ1v) is 6.09. The lowest BCUT2D eigenvalue weighted by molar-refractivity contribution is 0.0973. The van der Waals surface area contributed by atoms with Gasteiger partial charge in [0.1, 0.15) is 0 Å². The highest BCUT2D eigenvalue weighted by Gasteiger charge is 2.35. The fourth-order valence-corrected chi connectivity index (χ4v) is 2.58. The number of aliphatic hydroxyl groups is 1. The molecule has 0 aliphatic heterocycles. The lowest BCUT2D eigenvalue weighted by Gasteiger charge is -2.38. The maximum atomic E-state index is 9.59. The molecule has 4 nitrogen and oxygen atoms in total. The van der Waals surface area contributed by atoms with Gasteiger partial charge in [0.05, 0.1) is 13.2 Å². The van der Waals surface area contributed by atoms with Crippen LogP contribution < -0.4 is 10.5 Å². The van der Waals surface area contributed by atoms with Gasteiger partial charge in [0.15, 0.2) is 0 Å². The monoisotopic (exact) mass is 236 g/mol. The van der Waals surface area contributed by atoms with Crippen LogP contribution in [-0.2, 0) is 5.41 Å². The average molecular weight is 236 g/mol. The van der Waals surface area contributed by atoms with Crippen molar-refractivity contribution >= 4 is 0 Å². The van der Waals surface area contributed by atoms with Crippen molar-refractivity contribution in [3.63, 3.8) is 0 Å². The largest absolute Gasteiger partial charge is 0.481 e. The standard InChI is InChI=1S/C13H20N2O2/c1-17-12-3-2-10(8-15-12)13(9-14)6-4-11(16)5-7-13/h2-3,8,11,16H,4-7,9,14H2,1H3. The van der Waals surface area contributed by atoms with Crippen LogP contribution in [0.25, 0.3) is 0 Å². The predicted octanol–water partition coefficient (Wildman–Crippen LogP) is 1.22. The number of hydrogen-bond acceptors (Lipinski definition) is 4. The Kier molecular flexibility index (Phi) is 3.64. The molecule has 1 aliphatic rings. The summed E-state index contributed by atoms with van der Waals surface area (Å²) in [6, 6.07) is 3.91. The van der Waals surface area contributed by atoms with Crippen molar-refractivity contribution < 1.29 is 9.84 Å². The van der Waals surface area contributed by atoms with E-state index < -0.39 is 0 Å². The number of nitrogens with zero attached hydrogens (tertiary/aromatic N) is 1. The third-order valence-electron chi connectivity index (χ3n) is 3.86. The van der Waals surface area contributed by atoms with Crippen LogP contribution in [0.1, 0.15) is 31.2 Å². The number of rotatable bonds is 3. The predicted molar refractivity (Wildman–Crippen MR) is 66.0 cm³/mol. The first-order chi connectivity index (χ1) is 8.20. The smallest absolute Gasteiger partial charge is 0.212 e. The van der Waals surface area contributed by atoms with Gasteiger partial charge in [-0.05, 0) is 31.2 Å². The molecule has 3 N–H and O–H groups in total. The molecule has 0 saturated heterocycles. The number of aliphatic hydroxyl groups excluding tert-OH is 1. The van der Waals surface area contributed by atoms with Crippen molar-refractivity contribution in [2.45, 2.75) is 37.2 Å². The Morgan fingerprint density at radius 3 is 2.65 bits per heavy atom. The molecule has 1 aromatic heterocycles. The molecule has 0 spiro atoms. The lowest BCUT2D eigenvalue weighted by Crippen LogP contribution is -2.40. The van der Waals surface area contributed by atoms with Gasteiger partial charge >= 0.3 is 0 Å². The number of hydrogen-bond donors (Lipinski definition) is 2. The quantitative estimate of drug-likeness (QED) is 0.828. The van der Waals surface area contributed by atoms with E-state index in [1.165, 1.54) is 0 Å². The van der Waals surface area contributed by atoms with Gasteiger partial charge in [-0.1, -0.05) is 6.07 Å². The highest BCUT2D eigenvalue weighted by atomic mass is 16.5. The molecular weight excluding hydrogens is 216 g/mol. The zero-order valence-electron chi connectivity index (χ0n) is 10.2. The van der Waals surface area contributed by atoms with Crippen LogP contribution >= 0.6 is 0 Å². The third kappa shape index (κ3) is 2.42. The minimum Gasteiger partial charge on any atom is -0.481 e. The summed E-state index contributed by atoms with van der Waals surface area (Å²) in [6.07, 6.45) is 5.19. The normalized spacial score (nSPS) is 29.0. The summed E-state index contributed by atoms with van der Waals surface area (Å²) < 4.78 is 5.06. The highest BCUT2D eigenvalue weighted by molar-refractivity contribution is 5.27. The Morgan fingerprint density at radius 1 is 1.47 bits per heavy atom. The van der Waals surface area contributed by atoms with Crippen molar-refractivity contribution in [3.8, 4) is 5.88 Å². The number of aromatic nitrogens is 1. The molecule has 94 valence electrons. The van der Waals surface area contributed by atoms with Crippen molar-refractivity contribution in [2.24, 2.45) is 5.73 Å². The first-order valence-electron chi connectivity index (χ1n) is 6.09. The SMILES string of the molecule is COc1ccc(C2(CN)CCC(O)CC2)cn1. The van der Waals surface area contributed by atoms with Gasteiger partial charge in [-0.2, -0.15) is 0 Å². The van der Waals surface area contributed by atoms with E-state index in [1.807, 2.05) is 18.3 Å². The van der Waals surface area contributed by atoms with E-state index in [1.54, 1.807) is 7.11 Å². The van der Waals surface area contributed by atoms with Gasteiger partial charge < -0.3 is 15.6 Å². The minimum atomic E-state index is -0.166. The molecule has 0 aromatic carbocycles. The van der Waals surface area contributed by atoms with E-state index in [9.17, 15) is 5.11 Å². The fourth-order valence-electron chi connectivity index (χ4n) is 2.58. The summed E-state index contributed by atoms with van der Waals surface area (Å²) in [5.74, 6) is 0.622. The summed E-state index contributed by atoms with van der Waals surface area (Å²) >= 11 is 0.